The molecule has 0 radical (unpaired) electrons. The van der Waals surface area contributed by atoms with Crippen LogP contribution in [-0.2, 0) is 4.79 Å². The van der Waals surface area contributed by atoms with Crippen molar-refractivity contribution in [2.75, 3.05) is 32.1 Å². The van der Waals surface area contributed by atoms with Crippen LogP contribution in [0, 0.1) is 0 Å². The van der Waals surface area contributed by atoms with Gasteiger partial charge in [-0.25, -0.2) is 4.99 Å². The molecule has 7 nitrogen and oxygen atoms in total. The van der Waals surface area contributed by atoms with Crippen LogP contribution < -0.4 is 19.8 Å². The summed E-state index contributed by atoms with van der Waals surface area (Å²) in [5, 5.41) is 0.582. The molecule has 0 saturated carbocycles. The molecule has 1 atom stereocenters. The minimum Gasteiger partial charge on any atom is -0.440 e. The second kappa shape index (κ2) is 10.2. The van der Waals surface area contributed by atoms with Crippen molar-refractivity contribution in [2.24, 2.45) is 4.99 Å². The summed E-state index contributed by atoms with van der Waals surface area (Å²) in [5.41, 5.74) is 1.66. The zero-order valence-electron chi connectivity index (χ0n) is 20.1. The maximum atomic E-state index is 13.7. The number of carbonyl (C=O) groups excluding carboxylic acids is 1. The predicted octanol–water partition coefficient (Wildman–Crippen LogP) is 4.18. The van der Waals surface area contributed by atoms with Crippen molar-refractivity contribution >= 4 is 56.7 Å². The van der Waals surface area contributed by atoms with Crippen LogP contribution in [0.25, 0.3) is 6.08 Å². The number of rotatable bonds is 6. The fraction of sp³-hybridized carbons (Fsp3) is 0.320. The van der Waals surface area contributed by atoms with Crippen molar-refractivity contribution < 1.29 is 9.21 Å². The maximum Gasteiger partial charge on any atom is 0.271 e. The van der Waals surface area contributed by atoms with Gasteiger partial charge in [0.2, 0.25) is 5.88 Å². The lowest BCUT2D eigenvalue weighted by Gasteiger charge is -2.29. The van der Waals surface area contributed by atoms with Crippen LogP contribution in [0.4, 0.5) is 5.88 Å². The van der Waals surface area contributed by atoms with Gasteiger partial charge in [0.15, 0.2) is 4.80 Å². The van der Waals surface area contributed by atoms with Gasteiger partial charge in [-0.05, 0) is 54.4 Å². The minimum atomic E-state index is -0.612. The van der Waals surface area contributed by atoms with Gasteiger partial charge in [-0.3, -0.25) is 14.2 Å². The first-order chi connectivity index (χ1) is 16.7. The number of amides is 1. The number of halogens is 2. The lowest BCUT2D eigenvalue weighted by molar-refractivity contribution is -0.127. The topological polar surface area (TPSA) is 71.1 Å². The second-order valence-corrected chi connectivity index (χ2v) is 10.6. The highest BCUT2D eigenvalue weighted by atomic mass is 79.9. The first-order valence-electron chi connectivity index (χ1n) is 11.2. The van der Waals surface area contributed by atoms with Crippen molar-refractivity contribution in [3.8, 4) is 0 Å². The lowest BCUT2D eigenvalue weighted by Crippen LogP contribution is -2.43. The molecule has 0 unspecified atom stereocenters. The maximum absolute atomic E-state index is 13.7. The number of anilines is 1. The summed E-state index contributed by atoms with van der Waals surface area (Å²) in [6.07, 6.45) is 1.71. The van der Waals surface area contributed by atoms with Crippen LogP contribution in [0.3, 0.4) is 0 Å². The number of hydrogen-bond acceptors (Lipinski definition) is 6. The van der Waals surface area contributed by atoms with Crippen LogP contribution in [0.15, 0.2) is 60.3 Å². The largest absolute Gasteiger partial charge is 0.440 e. The molecule has 184 valence electrons. The Bertz CT molecular complexity index is 1480. The molecule has 1 aromatic carbocycles. The highest BCUT2D eigenvalue weighted by molar-refractivity contribution is 9.10. The fourth-order valence-electron chi connectivity index (χ4n) is 4.12. The molecule has 10 heteroatoms. The number of fused-ring (bicyclic) bond motifs is 1. The SMILES string of the molecule is CCN(CC)C(=O)C1=C(C)N=c2s/c(=C/c3cc(Br)c(N(C)C)o3)c(=O)n2[C@H]1c1ccc(Cl)cc1. The zero-order valence-corrected chi connectivity index (χ0v) is 23.3. The highest BCUT2D eigenvalue weighted by Gasteiger charge is 2.34. The van der Waals surface area contributed by atoms with Gasteiger partial charge >= 0.3 is 0 Å². The number of likely N-dealkylation sites (N-methyl/N-ethyl adjacent to an activating group) is 1. The van der Waals surface area contributed by atoms with Gasteiger partial charge in [0.1, 0.15) is 5.76 Å². The first kappa shape index (κ1) is 25.5. The Labute approximate surface area is 220 Å². The fourth-order valence-corrected chi connectivity index (χ4v) is 5.93. The minimum absolute atomic E-state index is 0.129. The van der Waals surface area contributed by atoms with Gasteiger partial charge < -0.3 is 14.2 Å². The molecule has 3 heterocycles. The number of carbonyl (C=O) groups is 1. The van der Waals surface area contributed by atoms with E-state index in [4.69, 9.17) is 16.0 Å². The Morgan fingerprint density at radius 2 is 1.91 bits per heavy atom. The monoisotopic (exact) mass is 576 g/mol. The number of thiazole rings is 1. The van der Waals surface area contributed by atoms with Gasteiger partial charge in [0.05, 0.1) is 26.3 Å². The normalized spacial score (nSPS) is 15.7. The van der Waals surface area contributed by atoms with E-state index in [9.17, 15) is 9.59 Å². The molecule has 35 heavy (non-hydrogen) atoms. The molecule has 3 aromatic rings. The van der Waals surface area contributed by atoms with Crippen LogP contribution in [0.5, 0.6) is 0 Å². The number of furan rings is 1. The summed E-state index contributed by atoms with van der Waals surface area (Å²) in [4.78, 5) is 36.1. The summed E-state index contributed by atoms with van der Waals surface area (Å²) < 4.78 is 8.77. The number of benzene rings is 1. The van der Waals surface area contributed by atoms with Crippen LogP contribution in [-0.4, -0.2) is 42.6 Å². The van der Waals surface area contributed by atoms with Crippen molar-refractivity contribution in [3.05, 3.63) is 82.1 Å². The van der Waals surface area contributed by atoms with Crippen molar-refractivity contribution in [1.29, 1.82) is 0 Å². The quantitative estimate of drug-likeness (QED) is 0.441. The van der Waals surface area contributed by atoms with Crippen LogP contribution in [0.1, 0.15) is 38.1 Å². The average molecular weight is 578 g/mol. The van der Waals surface area contributed by atoms with Gasteiger partial charge in [0.25, 0.3) is 11.5 Å². The number of allylic oxidation sites excluding steroid dienone is 1. The molecule has 0 aliphatic carbocycles. The number of nitrogens with zero attached hydrogens (tertiary/aromatic N) is 4. The summed E-state index contributed by atoms with van der Waals surface area (Å²) >= 11 is 10.9. The van der Waals surface area contributed by atoms with E-state index >= 15 is 0 Å². The van der Waals surface area contributed by atoms with Gasteiger partial charge in [-0.15, -0.1) is 0 Å². The molecule has 0 saturated heterocycles. The van der Waals surface area contributed by atoms with E-state index in [1.54, 1.807) is 27.7 Å². The van der Waals surface area contributed by atoms with Crippen molar-refractivity contribution in [3.63, 3.8) is 0 Å². The predicted molar refractivity (Wildman–Crippen MR) is 144 cm³/mol. The Balaban J connectivity index is 1.94. The molecule has 1 aliphatic heterocycles. The van der Waals surface area contributed by atoms with E-state index in [1.807, 2.05) is 58.0 Å². The van der Waals surface area contributed by atoms with Gasteiger partial charge in [0, 0.05) is 44.3 Å². The molecule has 0 spiro atoms. The Hall–Kier alpha value is -2.62. The van der Waals surface area contributed by atoms with Crippen LogP contribution >= 0.6 is 38.9 Å². The number of aromatic nitrogens is 1. The number of hydrogen-bond donors (Lipinski definition) is 0. The molecule has 1 amide bonds. The standard InChI is InChI=1S/C25H26BrClN4O3S/c1-6-30(7-2)23(33)20-14(3)28-25-31(21(20)15-8-10-16(27)11-9-15)22(32)19(35-25)13-17-12-18(26)24(34-17)29(4)5/h8-13,21H,6-7H2,1-5H3/b19-13+/t21-/m0/s1. The summed E-state index contributed by atoms with van der Waals surface area (Å²) in [6.45, 7) is 6.82. The molecule has 0 bridgehead atoms. The molecule has 0 fully saturated rings. The van der Waals surface area contributed by atoms with Crippen LogP contribution in [0.2, 0.25) is 5.02 Å². The van der Waals surface area contributed by atoms with E-state index in [0.717, 1.165) is 10.0 Å². The van der Waals surface area contributed by atoms with Crippen molar-refractivity contribution in [1.82, 2.24) is 9.47 Å². The third-order valence-electron chi connectivity index (χ3n) is 5.86. The smallest absolute Gasteiger partial charge is 0.271 e. The Morgan fingerprint density at radius 3 is 2.49 bits per heavy atom. The van der Waals surface area contributed by atoms with E-state index in [2.05, 4.69) is 20.9 Å². The Kier molecular flexibility index (Phi) is 7.40. The molecule has 0 N–H and O–H groups in total. The van der Waals surface area contributed by atoms with E-state index in [0.29, 0.717) is 50.4 Å². The summed E-state index contributed by atoms with van der Waals surface area (Å²) in [6, 6.07) is 8.45. The van der Waals surface area contributed by atoms with Crippen molar-refractivity contribution in [2.45, 2.75) is 26.8 Å². The molecular formula is C25H26BrClN4O3S. The van der Waals surface area contributed by atoms with E-state index < -0.39 is 6.04 Å². The molecule has 1 aliphatic rings. The second-order valence-electron chi connectivity index (χ2n) is 8.31. The lowest BCUT2D eigenvalue weighted by atomic mass is 9.94. The first-order valence-corrected chi connectivity index (χ1v) is 13.2. The van der Waals surface area contributed by atoms with Gasteiger partial charge in [-0.2, -0.15) is 0 Å². The van der Waals surface area contributed by atoms with E-state index in [-0.39, 0.29) is 11.5 Å². The highest BCUT2D eigenvalue weighted by Crippen LogP contribution is 2.32. The average Bonchev–Trinajstić information content (AvgIpc) is 3.33. The molecule has 4 rings (SSSR count). The third kappa shape index (κ3) is 4.77. The summed E-state index contributed by atoms with van der Waals surface area (Å²) in [5.74, 6) is 1.08. The van der Waals surface area contributed by atoms with Gasteiger partial charge in [-0.1, -0.05) is 35.1 Å². The summed E-state index contributed by atoms with van der Waals surface area (Å²) in [7, 11) is 3.76. The Morgan fingerprint density at radius 1 is 1.26 bits per heavy atom. The molecule has 2 aromatic heterocycles. The third-order valence-corrected chi connectivity index (χ3v) is 7.66. The van der Waals surface area contributed by atoms with E-state index in [1.165, 1.54) is 11.3 Å². The zero-order chi connectivity index (χ0) is 25.4. The molecular weight excluding hydrogens is 552 g/mol.